The first-order valence-electron chi connectivity index (χ1n) is 9.06. The molecule has 4 unspecified atom stereocenters. The van der Waals surface area contributed by atoms with Gasteiger partial charge in [0.05, 0.1) is 0 Å². The van der Waals surface area contributed by atoms with Crippen molar-refractivity contribution in [3.05, 3.63) is 11.6 Å². The fourth-order valence-electron chi connectivity index (χ4n) is 4.36. The quantitative estimate of drug-likeness (QED) is 0.669. The van der Waals surface area contributed by atoms with Gasteiger partial charge >= 0.3 is 0 Å². The predicted octanol–water partition coefficient (Wildman–Crippen LogP) is 4.26. The molecule has 0 bridgehead atoms. The summed E-state index contributed by atoms with van der Waals surface area (Å²) in [6.07, 6.45) is 9.88. The Kier molecular flexibility index (Phi) is 4.42. The molecule has 0 aromatic rings. The molecule has 0 spiro atoms. The Morgan fingerprint density at radius 2 is 2.05 bits per heavy atom. The number of allylic oxidation sites excluding steroid dienone is 2. The molecule has 3 rings (SSSR count). The lowest BCUT2D eigenvalue weighted by Crippen LogP contribution is -2.35. The summed E-state index contributed by atoms with van der Waals surface area (Å²) in [4.78, 5) is 14.6. The smallest absolute Gasteiger partial charge is 0.225 e. The second kappa shape index (κ2) is 6.14. The average molecular weight is 289 g/mol. The van der Waals surface area contributed by atoms with Gasteiger partial charge in [0.2, 0.25) is 5.91 Å². The highest BCUT2D eigenvalue weighted by molar-refractivity contribution is 5.81. The summed E-state index contributed by atoms with van der Waals surface area (Å²) in [6.45, 7) is 8.86. The number of hydrogen-bond donors (Lipinski definition) is 0. The SMILES string of the molecule is CCCN(CC1CC1C1CCC(C)=CC1C)C(=O)C1CC1. The number of hydrogen-bond acceptors (Lipinski definition) is 1. The summed E-state index contributed by atoms with van der Waals surface area (Å²) >= 11 is 0. The zero-order valence-corrected chi connectivity index (χ0v) is 14.0. The second-order valence-electron chi connectivity index (χ2n) is 7.79. The van der Waals surface area contributed by atoms with Crippen molar-refractivity contribution in [3.8, 4) is 0 Å². The number of rotatable bonds is 6. The van der Waals surface area contributed by atoms with Crippen LogP contribution in [-0.4, -0.2) is 23.9 Å². The molecule has 3 aliphatic carbocycles. The van der Waals surface area contributed by atoms with E-state index in [0.717, 1.165) is 56.0 Å². The van der Waals surface area contributed by atoms with E-state index in [1.807, 2.05) is 0 Å². The topological polar surface area (TPSA) is 20.3 Å². The Morgan fingerprint density at radius 3 is 2.67 bits per heavy atom. The Labute approximate surface area is 130 Å². The first-order chi connectivity index (χ1) is 10.1. The van der Waals surface area contributed by atoms with Crippen LogP contribution in [0.5, 0.6) is 0 Å². The van der Waals surface area contributed by atoms with Crippen molar-refractivity contribution in [2.45, 2.75) is 59.3 Å². The Bertz CT molecular complexity index is 423. The van der Waals surface area contributed by atoms with Gasteiger partial charge in [-0.1, -0.05) is 25.5 Å². The molecular weight excluding hydrogens is 258 g/mol. The number of carbonyl (C=O) groups is 1. The maximum atomic E-state index is 12.4. The van der Waals surface area contributed by atoms with E-state index in [2.05, 4.69) is 31.7 Å². The van der Waals surface area contributed by atoms with E-state index < -0.39 is 0 Å². The molecule has 3 aliphatic rings. The third kappa shape index (κ3) is 3.52. The van der Waals surface area contributed by atoms with Gasteiger partial charge in [0.15, 0.2) is 0 Å². The van der Waals surface area contributed by atoms with Gasteiger partial charge in [-0.05, 0) is 69.1 Å². The number of carbonyl (C=O) groups excluding carboxylic acids is 1. The van der Waals surface area contributed by atoms with Crippen molar-refractivity contribution < 1.29 is 4.79 Å². The minimum atomic E-state index is 0.382. The largest absolute Gasteiger partial charge is 0.342 e. The van der Waals surface area contributed by atoms with Gasteiger partial charge in [-0.25, -0.2) is 0 Å². The van der Waals surface area contributed by atoms with E-state index in [-0.39, 0.29) is 0 Å². The fraction of sp³-hybridized carbons (Fsp3) is 0.842. The second-order valence-corrected chi connectivity index (χ2v) is 7.79. The lowest BCUT2D eigenvalue weighted by molar-refractivity contribution is -0.132. The minimum Gasteiger partial charge on any atom is -0.342 e. The lowest BCUT2D eigenvalue weighted by atomic mass is 9.78. The van der Waals surface area contributed by atoms with Crippen LogP contribution >= 0.6 is 0 Å². The molecule has 0 radical (unpaired) electrons. The Balaban J connectivity index is 1.53. The highest BCUT2D eigenvalue weighted by atomic mass is 16.2. The fourth-order valence-corrected chi connectivity index (χ4v) is 4.36. The van der Waals surface area contributed by atoms with Crippen LogP contribution in [0, 0.1) is 29.6 Å². The van der Waals surface area contributed by atoms with E-state index in [0.29, 0.717) is 11.8 Å². The molecule has 1 amide bonds. The zero-order valence-electron chi connectivity index (χ0n) is 14.0. The van der Waals surface area contributed by atoms with Crippen molar-refractivity contribution >= 4 is 5.91 Å². The molecule has 118 valence electrons. The van der Waals surface area contributed by atoms with Gasteiger partial charge in [-0.2, -0.15) is 0 Å². The van der Waals surface area contributed by atoms with Crippen molar-refractivity contribution in [1.29, 1.82) is 0 Å². The molecule has 4 atom stereocenters. The summed E-state index contributed by atoms with van der Waals surface area (Å²) in [6, 6.07) is 0. The maximum Gasteiger partial charge on any atom is 0.225 e. The number of amides is 1. The van der Waals surface area contributed by atoms with Crippen LogP contribution in [0.3, 0.4) is 0 Å². The molecule has 0 aliphatic heterocycles. The molecule has 0 saturated heterocycles. The summed E-state index contributed by atoms with van der Waals surface area (Å²) in [5.41, 5.74) is 1.58. The van der Waals surface area contributed by atoms with Crippen LogP contribution in [0.1, 0.15) is 59.3 Å². The predicted molar refractivity (Wildman–Crippen MR) is 86.8 cm³/mol. The molecule has 21 heavy (non-hydrogen) atoms. The summed E-state index contributed by atoms with van der Waals surface area (Å²) < 4.78 is 0. The molecule has 0 aromatic carbocycles. The number of nitrogens with zero attached hydrogens (tertiary/aromatic N) is 1. The van der Waals surface area contributed by atoms with Gasteiger partial charge in [0.1, 0.15) is 0 Å². The van der Waals surface area contributed by atoms with Gasteiger partial charge in [-0.3, -0.25) is 4.79 Å². The third-order valence-electron chi connectivity index (χ3n) is 5.81. The molecule has 2 nitrogen and oxygen atoms in total. The van der Waals surface area contributed by atoms with E-state index in [1.54, 1.807) is 5.57 Å². The maximum absolute atomic E-state index is 12.4. The first-order valence-corrected chi connectivity index (χ1v) is 9.06. The molecular formula is C19H31NO. The summed E-state index contributed by atoms with van der Waals surface area (Å²) in [5, 5.41) is 0. The molecule has 0 heterocycles. The summed E-state index contributed by atoms with van der Waals surface area (Å²) in [5.74, 6) is 4.13. The van der Waals surface area contributed by atoms with Crippen molar-refractivity contribution in [1.82, 2.24) is 4.90 Å². The van der Waals surface area contributed by atoms with Crippen LogP contribution in [-0.2, 0) is 4.79 Å². The van der Waals surface area contributed by atoms with Crippen LogP contribution in [0.25, 0.3) is 0 Å². The van der Waals surface area contributed by atoms with Gasteiger partial charge in [0, 0.05) is 19.0 Å². The van der Waals surface area contributed by atoms with E-state index in [1.165, 1.54) is 19.3 Å². The lowest BCUT2D eigenvalue weighted by Gasteiger charge is -2.28. The molecule has 2 fully saturated rings. The highest BCUT2D eigenvalue weighted by Crippen LogP contribution is 2.51. The zero-order chi connectivity index (χ0) is 15.0. The Morgan fingerprint density at radius 1 is 1.29 bits per heavy atom. The van der Waals surface area contributed by atoms with Crippen LogP contribution in [0.4, 0.5) is 0 Å². The van der Waals surface area contributed by atoms with E-state index in [4.69, 9.17) is 0 Å². The monoisotopic (exact) mass is 289 g/mol. The van der Waals surface area contributed by atoms with Crippen molar-refractivity contribution in [2.24, 2.45) is 29.6 Å². The minimum absolute atomic E-state index is 0.382. The van der Waals surface area contributed by atoms with Gasteiger partial charge in [-0.15, -0.1) is 0 Å². The molecule has 2 heteroatoms. The van der Waals surface area contributed by atoms with Gasteiger partial charge < -0.3 is 4.90 Å². The third-order valence-corrected chi connectivity index (χ3v) is 5.81. The van der Waals surface area contributed by atoms with E-state index in [9.17, 15) is 4.79 Å². The standard InChI is InChI=1S/C19H31NO/c1-4-9-20(19(21)15-6-7-15)12-16-11-18(16)17-8-5-13(2)10-14(17)3/h10,14-18H,4-9,11-12H2,1-3H3. The van der Waals surface area contributed by atoms with E-state index >= 15 is 0 Å². The summed E-state index contributed by atoms with van der Waals surface area (Å²) in [7, 11) is 0. The van der Waals surface area contributed by atoms with Crippen LogP contribution in [0.2, 0.25) is 0 Å². The Hall–Kier alpha value is -0.790. The molecule has 0 N–H and O–H groups in total. The van der Waals surface area contributed by atoms with Crippen LogP contribution in [0.15, 0.2) is 11.6 Å². The van der Waals surface area contributed by atoms with Gasteiger partial charge in [0.25, 0.3) is 0 Å². The highest BCUT2D eigenvalue weighted by Gasteiger charge is 2.46. The van der Waals surface area contributed by atoms with Crippen molar-refractivity contribution in [2.75, 3.05) is 13.1 Å². The first kappa shape index (κ1) is 15.1. The molecule has 0 aromatic heterocycles. The van der Waals surface area contributed by atoms with Crippen LogP contribution < -0.4 is 0 Å². The molecule has 2 saturated carbocycles. The van der Waals surface area contributed by atoms with Crippen molar-refractivity contribution in [3.63, 3.8) is 0 Å². The normalized spacial score (nSPS) is 35.3. The average Bonchev–Trinajstić information content (AvgIpc) is 3.32.